The van der Waals surface area contributed by atoms with Gasteiger partial charge < -0.3 is 14.4 Å². The molecule has 0 aromatic heterocycles. The number of allylic oxidation sites excluding steroid dienone is 1. The smallest absolute Gasteiger partial charge is 0.412 e. The third-order valence-electron chi connectivity index (χ3n) is 3.40. The zero-order valence-electron chi connectivity index (χ0n) is 18.5. The predicted octanol–water partition coefficient (Wildman–Crippen LogP) is 7.36. The average molecular weight is 607 g/mol. The van der Waals surface area contributed by atoms with Crippen LogP contribution in [0.25, 0.3) is 0 Å². The van der Waals surface area contributed by atoms with E-state index in [1.807, 2.05) is 59.1 Å². The molecule has 1 N–H and O–H groups in total. The lowest BCUT2D eigenvalue weighted by atomic mass is 10.2. The molecule has 8 heteroatoms. The van der Waals surface area contributed by atoms with Crippen molar-refractivity contribution in [2.75, 3.05) is 24.7 Å². The minimum Gasteiger partial charge on any atom is -0.455 e. The van der Waals surface area contributed by atoms with Crippen LogP contribution in [-0.2, 0) is 11.3 Å². The number of hydrogen-bond acceptors (Lipinski definition) is 4. The van der Waals surface area contributed by atoms with Gasteiger partial charge in [-0.3, -0.25) is 5.32 Å². The van der Waals surface area contributed by atoms with E-state index in [-0.39, 0.29) is 11.2 Å². The first-order chi connectivity index (χ1) is 14.4. The van der Waals surface area contributed by atoms with Crippen LogP contribution < -0.4 is 10.1 Å². The van der Waals surface area contributed by atoms with Gasteiger partial charge in [0.2, 0.25) is 0 Å². The second-order valence-electron chi connectivity index (χ2n) is 7.87. The number of hydrogen-bond donors (Lipinski definition) is 1. The number of carbonyl (C=O) groups is 1. The lowest BCUT2D eigenvalue weighted by Gasteiger charge is -2.21. The summed E-state index contributed by atoms with van der Waals surface area (Å²) in [5.74, 6) is 1.01. The molecule has 31 heavy (non-hydrogen) atoms. The standard InChI is InChI=1S/C20H25IN2O3.C3H4BrF/c1-20(2,3)26-19(24)22-16-8-6-7-9-17(16)25-18-12-15(21)11-10-14(18)13-23(4)5;1-3(5)2-4/h6-12H,13H2,1-5H3,(H,22,24);1-2H2. The van der Waals surface area contributed by atoms with E-state index >= 15 is 0 Å². The van der Waals surface area contributed by atoms with Gasteiger partial charge in [0.05, 0.1) is 11.0 Å². The maximum atomic E-state index is 12.1. The van der Waals surface area contributed by atoms with Crippen molar-refractivity contribution in [3.05, 3.63) is 64.0 Å². The number of carbonyl (C=O) groups excluding carboxylic acids is 1. The van der Waals surface area contributed by atoms with Crippen molar-refractivity contribution in [3.8, 4) is 11.5 Å². The summed E-state index contributed by atoms with van der Waals surface area (Å²) in [7, 11) is 4.03. The maximum Gasteiger partial charge on any atom is 0.412 e. The van der Waals surface area contributed by atoms with Crippen molar-refractivity contribution in [2.24, 2.45) is 0 Å². The molecule has 0 aliphatic carbocycles. The molecule has 0 fully saturated rings. The summed E-state index contributed by atoms with van der Waals surface area (Å²) in [5.41, 5.74) is 1.08. The monoisotopic (exact) mass is 606 g/mol. The van der Waals surface area contributed by atoms with Gasteiger partial charge in [-0.25, -0.2) is 9.18 Å². The quantitative estimate of drug-likeness (QED) is 0.276. The Morgan fingerprint density at radius 2 is 1.81 bits per heavy atom. The molecule has 0 heterocycles. The van der Waals surface area contributed by atoms with Crippen LogP contribution in [0.5, 0.6) is 11.5 Å². The number of anilines is 1. The third kappa shape index (κ3) is 11.5. The first-order valence-electron chi connectivity index (χ1n) is 9.50. The van der Waals surface area contributed by atoms with Gasteiger partial charge in [0.1, 0.15) is 17.2 Å². The second-order valence-corrected chi connectivity index (χ2v) is 9.67. The molecule has 0 unspecified atom stereocenters. The Hall–Kier alpha value is -1.65. The molecule has 1 amide bonds. The molecule has 0 aliphatic rings. The van der Waals surface area contributed by atoms with Gasteiger partial charge in [-0.15, -0.1) is 0 Å². The van der Waals surface area contributed by atoms with Crippen LogP contribution in [0.1, 0.15) is 26.3 Å². The van der Waals surface area contributed by atoms with E-state index in [0.717, 1.165) is 21.4 Å². The summed E-state index contributed by atoms with van der Waals surface area (Å²) < 4.78 is 23.8. The van der Waals surface area contributed by atoms with Crippen LogP contribution in [0.15, 0.2) is 54.9 Å². The first kappa shape index (κ1) is 27.4. The largest absolute Gasteiger partial charge is 0.455 e. The van der Waals surface area contributed by atoms with Gasteiger partial charge in [0.25, 0.3) is 0 Å². The summed E-state index contributed by atoms with van der Waals surface area (Å²) in [6, 6.07) is 13.4. The Morgan fingerprint density at radius 3 is 2.35 bits per heavy atom. The Labute approximate surface area is 206 Å². The number of halogens is 3. The third-order valence-corrected chi connectivity index (χ3v) is 4.68. The normalized spacial score (nSPS) is 10.7. The number of para-hydroxylation sites is 2. The molecule has 170 valence electrons. The van der Waals surface area contributed by atoms with E-state index < -0.39 is 11.7 Å². The molecule has 0 saturated heterocycles. The van der Waals surface area contributed by atoms with E-state index in [4.69, 9.17) is 9.47 Å². The van der Waals surface area contributed by atoms with E-state index in [1.54, 1.807) is 6.07 Å². The lowest BCUT2D eigenvalue weighted by molar-refractivity contribution is 0.0635. The average Bonchev–Trinajstić information content (AvgIpc) is 2.64. The van der Waals surface area contributed by atoms with Crippen LogP contribution in [0.4, 0.5) is 14.9 Å². The summed E-state index contributed by atoms with van der Waals surface area (Å²) in [5, 5.41) is 3.02. The molecular weight excluding hydrogens is 578 g/mol. The van der Waals surface area contributed by atoms with Crippen LogP contribution in [-0.4, -0.2) is 36.0 Å². The van der Waals surface area contributed by atoms with Gasteiger partial charge in [0.15, 0.2) is 5.75 Å². The molecule has 0 bridgehead atoms. The molecule has 0 radical (unpaired) electrons. The van der Waals surface area contributed by atoms with Crippen LogP contribution in [0.2, 0.25) is 0 Å². The lowest BCUT2D eigenvalue weighted by Crippen LogP contribution is -2.27. The number of amides is 1. The van der Waals surface area contributed by atoms with Gasteiger partial charge in [-0.1, -0.05) is 40.7 Å². The minimum absolute atomic E-state index is 0.257. The Bertz CT molecular complexity index is 885. The van der Waals surface area contributed by atoms with Gasteiger partial charge in [-0.05, 0) is 81.7 Å². The van der Waals surface area contributed by atoms with Crippen molar-refractivity contribution < 1.29 is 18.7 Å². The van der Waals surface area contributed by atoms with Crippen molar-refractivity contribution in [1.82, 2.24) is 4.90 Å². The zero-order chi connectivity index (χ0) is 23.6. The number of benzene rings is 2. The number of nitrogens with one attached hydrogen (secondary N) is 1. The minimum atomic E-state index is -0.561. The van der Waals surface area contributed by atoms with Gasteiger partial charge in [0, 0.05) is 15.7 Å². The summed E-state index contributed by atoms with van der Waals surface area (Å²) in [6.45, 7) is 9.20. The Balaban J connectivity index is 0.000000861. The molecule has 2 aromatic carbocycles. The number of ether oxygens (including phenoxy) is 2. The fourth-order valence-corrected chi connectivity index (χ4v) is 2.75. The SMILES string of the molecule is C=C(F)CBr.CN(C)Cc1ccc(I)cc1Oc1ccccc1NC(=O)OC(C)(C)C. The second kappa shape index (κ2) is 13.0. The molecule has 2 rings (SSSR count). The maximum absolute atomic E-state index is 12.1. The molecule has 0 saturated carbocycles. The first-order valence-corrected chi connectivity index (χ1v) is 11.7. The number of alkyl halides is 1. The van der Waals surface area contributed by atoms with Crippen molar-refractivity contribution in [3.63, 3.8) is 0 Å². The molecule has 0 spiro atoms. The molecule has 2 aromatic rings. The highest BCUT2D eigenvalue weighted by atomic mass is 127. The summed E-state index contributed by atoms with van der Waals surface area (Å²) in [4.78, 5) is 14.2. The Kier molecular flexibility index (Phi) is 11.5. The highest BCUT2D eigenvalue weighted by Gasteiger charge is 2.18. The van der Waals surface area contributed by atoms with Crippen molar-refractivity contribution in [1.29, 1.82) is 0 Å². The fourth-order valence-electron chi connectivity index (χ4n) is 2.29. The highest BCUT2D eigenvalue weighted by molar-refractivity contribution is 14.1. The van der Waals surface area contributed by atoms with Crippen molar-refractivity contribution >= 4 is 50.3 Å². The molecule has 5 nitrogen and oxygen atoms in total. The van der Waals surface area contributed by atoms with Crippen LogP contribution in [0.3, 0.4) is 0 Å². The highest BCUT2D eigenvalue weighted by Crippen LogP contribution is 2.33. The Morgan fingerprint density at radius 1 is 1.19 bits per heavy atom. The molecule has 0 aliphatic heterocycles. The van der Waals surface area contributed by atoms with Crippen LogP contribution >= 0.6 is 38.5 Å². The van der Waals surface area contributed by atoms with E-state index in [9.17, 15) is 9.18 Å². The zero-order valence-corrected chi connectivity index (χ0v) is 22.2. The number of nitrogens with zero attached hydrogens (tertiary/aromatic N) is 1. The summed E-state index contributed by atoms with van der Waals surface area (Å²) >= 11 is 5.10. The van der Waals surface area contributed by atoms with Gasteiger partial charge >= 0.3 is 6.09 Å². The fraction of sp³-hybridized carbons (Fsp3) is 0.348. The predicted molar refractivity (Wildman–Crippen MR) is 137 cm³/mol. The molecule has 0 atom stereocenters. The number of rotatable bonds is 6. The van der Waals surface area contributed by atoms with Crippen molar-refractivity contribution in [2.45, 2.75) is 32.9 Å². The van der Waals surface area contributed by atoms with Crippen LogP contribution in [0, 0.1) is 3.57 Å². The molecular formula is C23H29BrFIN2O3. The summed E-state index contributed by atoms with van der Waals surface area (Å²) in [6.07, 6.45) is -0.510. The van der Waals surface area contributed by atoms with Gasteiger partial charge in [-0.2, -0.15) is 0 Å². The topological polar surface area (TPSA) is 50.8 Å². The van der Waals surface area contributed by atoms with E-state index in [0.29, 0.717) is 11.4 Å². The van der Waals surface area contributed by atoms with E-state index in [1.165, 1.54) is 0 Å². The van der Waals surface area contributed by atoms with E-state index in [2.05, 4.69) is 67.4 Å².